The number of nitrogens with zero attached hydrogens (tertiary/aromatic N) is 1. The summed E-state index contributed by atoms with van der Waals surface area (Å²) in [7, 11) is 1.59. The van der Waals surface area contributed by atoms with Gasteiger partial charge in [-0.3, -0.25) is 4.79 Å². The summed E-state index contributed by atoms with van der Waals surface area (Å²) < 4.78 is 5.32. The van der Waals surface area contributed by atoms with Crippen LogP contribution in [0.4, 0.5) is 0 Å². The predicted molar refractivity (Wildman–Crippen MR) is 87.5 cm³/mol. The van der Waals surface area contributed by atoms with E-state index in [2.05, 4.69) is 0 Å². The lowest BCUT2D eigenvalue weighted by Crippen LogP contribution is -2.30. The predicted octanol–water partition coefficient (Wildman–Crippen LogP) is 4.33. The first-order chi connectivity index (χ1) is 10.7. The van der Waals surface area contributed by atoms with Gasteiger partial charge >= 0.3 is 0 Å². The van der Waals surface area contributed by atoms with Crippen LogP contribution in [-0.4, -0.2) is 24.5 Å². The number of likely N-dealkylation sites (tertiary alicyclic amines) is 1. The minimum atomic E-state index is 0.0138. The molecular formula is C18H18ClNO2. The van der Waals surface area contributed by atoms with Gasteiger partial charge in [0.05, 0.1) is 18.7 Å². The second-order valence-electron chi connectivity index (χ2n) is 5.41. The lowest BCUT2D eigenvalue weighted by molar-refractivity contribution is 0.0732. The van der Waals surface area contributed by atoms with Crippen molar-refractivity contribution in [1.29, 1.82) is 0 Å². The molecule has 0 radical (unpaired) electrons. The molecule has 1 atom stereocenters. The summed E-state index contributed by atoms with van der Waals surface area (Å²) in [6, 6.07) is 15.2. The Labute approximate surface area is 135 Å². The molecule has 1 unspecified atom stereocenters. The van der Waals surface area contributed by atoms with Crippen LogP contribution in [0.3, 0.4) is 0 Å². The Morgan fingerprint density at radius 3 is 2.82 bits per heavy atom. The van der Waals surface area contributed by atoms with E-state index in [1.54, 1.807) is 7.11 Å². The van der Waals surface area contributed by atoms with E-state index >= 15 is 0 Å². The molecule has 1 aliphatic heterocycles. The smallest absolute Gasteiger partial charge is 0.258 e. The fourth-order valence-corrected chi connectivity index (χ4v) is 3.24. The van der Waals surface area contributed by atoms with E-state index in [4.69, 9.17) is 16.3 Å². The third-order valence-corrected chi connectivity index (χ3v) is 4.32. The first kappa shape index (κ1) is 14.9. The van der Waals surface area contributed by atoms with Gasteiger partial charge < -0.3 is 9.64 Å². The summed E-state index contributed by atoms with van der Waals surface area (Å²) in [5, 5.41) is 0.703. The van der Waals surface area contributed by atoms with E-state index in [-0.39, 0.29) is 11.9 Å². The summed E-state index contributed by atoms with van der Waals surface area (Å²) in [4.78, 5) is 14.8. The van der Waals surface area contributed by atoms with Gasteiger partial charge in [0.25, 0.3) is 5.91 Å². The van der Waals surface area contributed by atoms with Crippen molar-refractivity contribution < 1.29 is 9.53 Å². The maximum Gasteiger partial charge on any atom is 0.258 e. The van der Waals surface area contributed by atoms with Crippen molar-refractivity contribution >= 4 is 17.5 Å². The average Bonchev–Trinajstić information content (AvgIpc) is 3.03. The van der Waals surface area contributed by atoms with Crippen molar-refractivity contribution in [3.8, 4) is 5.75 Å². The molecule has 2 aromatic rings. The molecule has 3 nitrogen and oxygen atoms in total. The maximum atomic E-state index is 12.9. The van der Waals surface area contributed by atoms with Crippen molar-refractivity contribution in [3.05, 3.63) is 64.7 Å². The molecule has 4 heteroatoms. The molecule has 0 spiro atoms. The number of hydrogen-bond donors (Lipinski definition) is 0. The number of benzene rings is 2. The standard InChI is InChI=1S/C18H18ClNO2/c1-22-17-10-3-2-8-15(17)18(21)20-11-5-9-16(20)13-6-4-7-14(19)12-13/h2-4,6-8,10,12,16H,5,9,11H2,1H3. The molecule has 1 heterocycles. The Balaban J connectivity index is 1.91. The molecule has 1 amide bonds. The summed E-state index contributed by atoms with van der Waals surface area (Å²) in [5.74, 6) is 0.629. The second kappa shape index (κ2) is 6.41. The highest BCUT2D eigenvalue weighted by Gasteiger charge is 2.31. The Hall–Kier alpha value is -2.00. The van der Waals surface area contributed by atoms with Crippen molar-refractivity contribution in [3.63, 3.8) is 0 Å². The largest absolute Gasteiger partial charge is 0.496 e. The topological polar surface area (TPSA) is 29.5 Å². The summed E-state index contributed by atoms with van der Waals surface area (Å²) in [6.45, 7) is 0.758. The monoisotopic (exact) mass is 315 g/mol. The minimum absolute atomic E-state index is 0.0138. The Morgan fingerprint density at radius 1 is 1.23 bits per heavy atom. The van der Waals surface area contributed by atoms with Crippen molar-refractivity contribution in [2.24, 2.45) is 0 Å². The number of carbonyl (C=O) groups excluding carboxylic acids is 1. The molecule has 114 valence electrons. The van der Waals surface area contributed by atoms with E-state index < -0.39 is 0 Å². The van der Waals surface area contributed by atoms with Gasteiger partial charge in [0.1, 0.15) is 5.75 Å². The van der Waals surface area contributed by atoms with Crippen LogP contribution in [0, 0.1) is 0 Å². The van der Waals surface area contributed by atoms with Gasteiger partial charge in [0.2, 0.25) is 0 Å². The fourth-order valence-electron chi connectivity index (χ4n) is 3.05. The van der Waals surface area contributed by atoms with Gasteiger partial charge in [-0.15, -0.1) is 0 Å². The highest BCUT2D eigenvalue weighted by molar-refractivity contribution is 6.30. The van der Waals surface area contributed by atoms with E-state index in [0.717, 1.165) is 24.9 Å². The van der Waals surface area contributed by atoms with Crippen LogP contribution < -0.4 is 4.74 Å². The van der Waals surface area contributed by atoms with Crippen molar-refractivity contribution in [2.45, 2.75) is 18.9 Å². The Morgan fingerprint density at radius 2 is 2.05 bits per heavy atom. The van der Waals surface area contributed by atoms with E-state index in [1.807, 2.05) is 53.4 Å². The van der Waals surface area contributed by atoms with Crippen LogP contribution in [0.5, 0.6) is 5.75 Å². The van der Waals surface area contributed by atoms with E-state index in [9.17, 15) is 4.79 Å². The second-order valence-corrected chi connectivity index (χ2v) is 5.85. The van der Waals surface area contributed by atoms with Gasteiger partial charge in [-0.05, 0) is 42.7 Å². The minimum Gasteiger partial charge on any atom is -0.496 e. The molecule has 3 rings (SSSR count). The number of para-hydroxylation sites is 1. The molecule has 0 N–H and O–H groups in total. The number of methoxy groups -OCH3 is 1. The molecule has 0 aliphatic carbocycles. The van der Waals surface area contributed by atoms with Crippen LogP contribution in [0.15, 0.2) is 48.5 Å². The summed E-state index contributed by atoms with van der Waals surface area (Å²) in [6.07, 6.45) is 1.96. The third-order valence-electron chi connectivity index (χ3n) is 4.08. The molecule has 0 bridgehead atoms. The Bertz CT molecular complexity index is 686. The molecule has 2 aromatic carbocycles. The van der Waals surface area contributed by atoms with Crippen LogP contribution in [0.25, 0.3) is 0 Å². The zero-order valence-corrected chi connectivity index (χ0v) is 13.2. The number of ether oxygens (including phenoxy) is 1. The zero-order valence-electron chi connectivity index (χ0n) is 12.5. The molecule has 1 saturated heterocycles. The number of hydrogen-bond acceptors (Lipinski definition) is 2. The van der Waals surface area contributed by atoms with Gasteiger partial charge in [-0.25, -0.2) is 0 Å². The molecule has 22 heavy (non-hydrogen) atoms. The zero-order chi connectivity index (χ0) is 15.5. The van der Waals surface area contributed by atoms with Gasteiger partial charge in [0, 0.05) is 11.6 Å². The van der Waals surface area contributed by atoms with Gasteiger partial charge in [0.15, 0.2) is 0 Å². The van der Waals surface area contributed by atoms with E-state index in [0.29, 0.717) is 16.3 Å². The lowest BCUT2D eigenvalue weighted by atomic mass is 10.0. The van der Waals surface area contributed by atoms with Gasteiger partial charge in [-0.1, -0.05) is 35.9 Å². The average molecular weight is 316 g/mol. The fraction of sp³-hybridized carbons (Fsp3) is 0.278. The van der Waals surface area contributed by atoms with Gasteiger partial charge in [-0.2, -0.15) is 0 Å². The van der Waals surface area contributed by atoms with E-state index in [1.165, 1.54) is 0 Å². The first-order valence-electron chi connectivity index (χ1n) is 7.40. The quantitative estimate of drug-likeness (QED) is 0.844. The third kappa shape index (κ3) is 2.81. The number of carbonyl (C=O) groups is 1. The highest BCUT2D eigenvalue weighted by atomic mass is 35.5. The van der Waals surface area contributed by atoms with Crippen LogP contribution >= 0.6 is 11.6 Å². The summed E-state index contributed by atoms with van der Waals surface area (Å²) in [5.41, 5.74) is 1.70. The summed E-state index contributed by atoms with van der Waals surface area (Å²) >= 11 is 6.09. The SMILES string of the molecule is COc1ccccc1C(=O)N1CCCC1c1cccc(Cl)c1. The molecule has 0 saturated carbocycles. The maximum absolute atomic E-state index is 12.9. The number of rotatable bonds is 3. The number of amides is 1. The van der Waals surface area contributed by atoms with Crippen LogP contribution in [-0.2, 0) is 0 Å². The Kier molecular flexibility index (Phi) is 4.34. The highest BCUT2D eigenvalue weighted by Crippen LogP contribution is 2.35. The molecule has 1 aliphatic rings. The van der Waals surface area contributed by atoms with Crippen LogP contribution in [0.1, 0.15) is 34.8 Å². The number of halogens is 1. The molecular weight excluding hydrogens is 298 g/mol. The van der Waals surface area contributed by atoms with Crippen molar-refractivity contribution in [2.75, 3.05) is 13.7 Å². The lowest BCUT2D eigenvalue weighted by Gasteiger charge is -2.26. The van der Waals surface area contributed by atoms with Crippen molar-refractivity contribution in [1.82, 2.24) is 4.90 Å². The molecule has 0 aromatic heterocycles. The first-order valence-corrected chi connectivity index (χ1v) is 7.78. The molecule has 1 fully saturated rings. The van der Waals surface area contributed by atoms with Crippen LogP contribution in [0.2, 0.25) is 5.02 Å². The normalized spacial score (nSPS) is 17.5.